The molecule has 0 aliphatic carbocycles. The SMILES string of the molecule is COc1ccc(/C=C(\C#N)C(=O)Nc2ccccc2Br)cc1OC. The molecule has 0 aromatic heterocycles. The van der Waals surface area contributed by atoms with Crippen molar-refractivity contribution in [2.24, 2.45) is 0 Å². The van der Waals surface area contributed by atoms with E-state index in [1.165, 1.54) is 13.2 Å². The van der Waals surface area contributed by atoms with E-state index in [0.717, 1.165) is 4.47 Å². The Labute approximate surface area is 148 Å². The summed E-state index contributed by atoms with van der Waals surface area (Å²) in [5.41, 5.74) is 1.24. The third-order valence-electron chi connectivity index (χ3n) is 3.21. The Hall–Kier alpha value is -2.78. The van der Waals surface area contributed by atoms with Crippen molar-refractivity contribution >= 4 is 33.6 Å². The smallest absolute Gasteiger partial charge is 0.266 e. The summed E-state index contributed by atoms with van der Waals surface area (Å²) in [6.45, 7) is 0. The Balaban J connectivity index is 2.27. The molecule has 2 aromatic carbocycles. The number of para-hydroxylation sites is 1. The number of anilines is 1. The number of halogens is 1. The van der Waals surface area contributed by atoms with Gasteiger partial charge in [0.1, 0.15) is 11.6 Å². The van der Waals surface area contributed by atoms with E-state index in [1.54, 1.807) is 43.5 Å². The first kappa shape index (κ1) is 17.6. The third kappa shape index (κ3) is 4.15. The van der Waals surface area contributed by atoms with Gasteiger partial charge in [-0.25, -0.2) is 0 Å². The van der Waals surface area contributed by atoms with Gasteiger partial charge in [0.25, 0.3) is 5.91 Å². The van der Waals surface area contributed by atoms with Crippen molar-refractivity contribution in [3.8, 4) is 17.6 Å². The standard InChI is InChI=1S/C18H15BrN2O3/c1-23-16-8-7-12(10-17(16)24-2)9-13(11-20)18(22)21-15-6-4-3-5-14(15)19/h3-10H,1-2H3,(H,21,22)/b13-9+. The van der Waals surface area contributed by atoms with Crippen LogP contribution >= 0.6 is 15.9 Å². The van der Waals surface area contributed by atoms with Gasteiger partial charge in [0, 0.05) is 4.47 Å². The Morgan fingerprint density at radius 2 is 1.88 bits per heavy atom. The highest BCUT2D eigenvalue weighted by Gasteiger charge is 2.12. The number of nitrogens with zero attached hydrogens (tertiary/aromatic N) is 1. The van der Waals surface area contributed by atoms with Gasteiger partial charge in [0.05, 0.1) is 19.9 Å². The zero-order chi connectivity index (χ0) is 17.5. The maximum Gasteiger partial charge on any atom is 0.266 e. The largest absolute Gasteiger partial charge is 0.493 e. The average molecular weight is 387 g/mol. The molecule has 2 rings (SSSR count). The molecule has 0 bridgehead atoms. The molecule has 0 aliphatic heterocycles. The summed E-state index contributed by atoms with van der Waals surface area (Å²) in [6.07, 6.45) is 1.49. The third-order valence-corrected chi connectivity index (χ3v) is 3.90. The van der Waals surface area contributed by atoms with Crippen molar-refractivity contribution in [1.82, 2.24) is 0 Å². The monoisotopic (exact) mass is 386 g/mol. The van der Waals surface area contributed by atoms with Crippen LogP contribution in [-0.2, 0) is 4.79 Å². The molecule has 122 valence electrons. The Kier molecular flexibility index (Phi) is 5.99. The first-order chi connectivity index (χ1) is 11.6. The maximum absolute atomic E-state index is 12.3. The van der Waals surface area contributed by atoms with Gasteiger partial charge in [0.2, 0.25) is 0 Å². The van der Waals surface area contributed by atoms with Gasteiger partial charge in [-0.3, -0.25) is 4.79 Å². The van der Waals surface area contributed by atoms with Crippen molar-refractivity contribution in [2.45, 2.75) is 0 Å². The molecule has 0 fully saturated rings. The van der Waals surface area contributed by atoms with Crippen LogP contribution in [0.3, 0.4) is 0 Å². The molecule has 6 heteroatoms. The van der Waals surface area contributed by atoms with E-state index >= 15 is 0 Å². The number of amides is 1. The van der Waals surface area contributed by atoms with E-state index in [4.69, 9.17) is 9.47 Å². The van der Waals surface area contributed by atoms with Crippen LogP contribution in [0.1, 0.15) is 5.56 Å². The first-order valence-electron chi connectivity index (χ1n) is 6.98. The van der Waals surface area contributed by atoms with E-state index in [1.807, 2.05) is 12.1 Å². The van der Waals surface area contributed by atoms with Gasteiger partial charge >= 0.3 is 0 Å². The predicted octanol–water partition coefficient (Wildman–Crippen LogP) is 4.01. The molecule has 0 saturated heterocycles. The number of nitrogens with one attached hydrogen (secondary N) is 1. The van der Waals surface area contributed by atoms with Crippen molar-refractivity contribution < 1.29 is 14.3 Å². The average Bonchev–Trinajstić information content (AvgIpc) is 2.61. The van der Waals surface area contributed by atoms with Crippen molar-refractivity contribution in [1.29, 1.82) is 5.26 Å². The summed E-state index contributed by atoms with van der Waals surface area (Å²) in [4.78, 5) is 12.3. The van der Waals surface area contributed by atoms with Gasteiger partial charge in [-0.15, -0.1) is 0 Å². The second kappa shape index (κ2) is 8.18. The van der Waals surface area contributed by atoms with Gasteiger partial charge < -0.3 is 14.8 Å². The van der Waals surface area contributed by atoms with E-state index < -0.39 is 5.91 Å². The molecule has 5 nitrogen and oxygen atoms in total. The highest BCUT2D eigenvalue weighted by atomic mass is 79.9. The van der Waals surface area contributed by atoms with Crippen molar-refractivity contribution in [3.05, 3.63) is 58.1 Å². The molecular weight excluding hydrogens is 372 g/mol. The van der Waals surface area contributed by atoms with E-state index in [-0.39, 0.29) is 5.57 Å². The molecule has 0 saturated carbocycles. The lowest BCUT2D eigenvalue weighted by Gasteiger charge is -2.08. The van der Waals surface area contributed by atoms with Gasteiger partial charge in [-0.05, 0) is 51.8 Å². The van der Waals surface area contributed by atoms with Crippen LogP contribution in [0, 0.1) is 11.3 Å². The molecule has 0 radical (unpaired) electrons. The van der Waals surface area contributed by atoms with Gasteiger partial charge in [-0.1, -0.05) is 18.2 Å². The van der Waals surface area contributed by atoms with E-state index in [9.17, 15) is 10.1 Å². The van der Waals surface area contributed by atoms with Crippen molar-refractivity contribution in [3.63, 3.8) is 0 Å². The zero-order valence-electron chi connectivity index (χ0n) is 13.2. The highest BCUT2D eigenvalue weighted by molar-refractivity contribution is 9.10. The van der Waals surface area contributed by atoms with Crippen LogP contribution in [0.2, 0.25) is 0 Å². The van der Waals surface area contributed by atoms with Crippen LogP contribution < -0.4 is 14.8 Å². The summed E-state index contributed by atoms with van der Waals surface area (Å²) in [5.74, 6) is 0.611. The molecule has 24 heavy (non-hydrogen) atoms. The molecule has 0 spiro atoms. The Morgan fingerprint density at radius 3 is 2.50 bits per heavy atom. The van der Waals surface area contributed by atoms with Crippen LogP contribution in [0.25, 0.3) is 6.08 Å². The van der Waals surface area contributed by atoms with Gasteiger partial charge in [0.15, 0.2) is 11.5 Å². The second-order valence-electron chi connectivity index (χ2n) is 4.72. The second-order valence-corrected chi connectivity index (χ2v) is 5.57. The molecule has 0 aliphatic rings. The molecule has 0 unspecified atom stereocenters. The molecule has 1 N–H and O–H groups in total. The number of hydrogen-bond donors (Lipinski definition) is 1. The topological polar surface area (TPSA) is 71.3 Å². The summed E-state index contributed by atoms with van der Waals surface area (Å²) in [6, 6.07) is 14.3. The highest BCUT2D eigenvalue weighted by Crippen LogP contribution is 2.28. The summed E-state index contributed by atoms with van der Waals surface area (Å²) in [5, 5.41) is 12.0. The number of carbonyl (C=O) groups is 1. The van der Waals surface area contributed by atoms with E-state index in [0.29, 0.717) is 22.7 Å². The predicted molar refractivity (Wildman–Crippen MR) is 95.9 cm³/mol. The van der Waals surface area contributed by atoms with Gasteiger partial charge in [-0.2, -0.15) is 5.26 Å². The minimum absolute atomic E-state index is 0.0158. The maximum atomic E-state index is 12.3. The molecule has 1 amide bonds. The minimum Gasteiger partial charge on any atom is -0.493 e. The quantitative estimate of drug-likeness (QED) is 0.622. The lowest BCUT2D eigenvalue weighted by atomic mass is 10.1. The normalized spacial score (nSPS) is 10.7. The van der Waals surface area contributed by atoms with Crippen LogP contribution in [0.5, 0.6) is 11.5 Å². The minimum atomic E-state index is -0.487. The first-order valence-corrected chi connectivity index (χ1v) is 7.78. The Morgan fingerprint density at radius 1 is 1.17 bits per heavy atom. The Bertz CT molecular complexity index is 825. The molecule has 2 aromatic rings. The van der Waals surface area contributed by atoms with E-state index in [2.05, 4.69) is 21.2 Å². The molecular formula is C18H15BrN2O3. The summed E-state index contributed by atoms with van der Waals surface area (Å²) in [7, 11) is 3.06. The number of benzene rings is 2. The van der Waals surface area contributed by atoms with Crippen LogP contribution in [-0.4, -0.2) is 20.1 Å². The lowest BCUT2D eigenvalue weighted by molar-refractivity contribution is -0.112. The number of hydrogen-bond acceptors (Lipinski definition) is 4. The fourth-order valence-electron chi connectivity index (χ4n) is 2.01. The zero-order valence-corrected chi connectivity index (χ0v) is 14.8. The molecule has 0 heterocycles. The van der Waals surface area contributed by atoms with Crippen LogP contribution in [0.4, 0.5) is 5.69 Å². The lowest BCUT2D eigenvalue weighted by Crippen LogP contribution is -2.13. The van der Waals surface area contributed by atoms with Crippen molar-refractivity contribution in [2.75, 3.05) is 19.5 Å². The number of methoxy groups -OCH3 is 2. The fourth-order valence-corrected chi connectivity index (χ4v) is 2.39. The molecule has 0 atom stereocenters. The van der Waals surface area contributed by atoms with Crippen LogP contribution in [0.15, 0.2) is 52.5 Å². The summed E-state index contributed by atoms with van der Waals surface area (Å²) >= 11 is 3.35. The fraction of sp³-hybridized carbons (Fsp3) is 0.111. The number of rotatable bonds is 5. The number of carbonyl (C=O) groups excluding carboxylic acids is 1. The summed E-state index contributed by atoms with van der Waals surface area (Å²) < 4.78 is 11.1. The number of ether oxygens (including phenoxy) is 2. The number of nitriles is 1.